The summed E-state index contributed by atoms with van der Waals surface area (Å²) in [6.07, 6.45) is 2.27. The van der Waals surface area contributed by atoms with Gasteiger partial charge >= 0.3 is 19.8 Å². The molecule has 0 fully saturated rings. The summed E-state index contributed by atoms with van der Waals surface area (Å²) in [4.78, 5) is 31.9. The maximum absolute atomic E-state index is 11.7. The Labute approximate surface area is 184 Å². The van der Waals surface area contributed by atoms with E-state index in [9.17, 15) is 19.0 Å². The van der Waals surface area contributed by atoms with Crippen molar-refractivity contribution in [2.75, 3.05) is 52.9 Å². The predicted molar refractivity (Wildman–Crippen MR) is 113 cm³/mol. The molecule has 0 rings (SSSR count). The van der Waals surface area contributed by atoms with Crippen LogP contribution in [0.3, 0.4) is 0 Å². The Morgan fingerprint density at radius 3 is 1.39 bits per heavy atom. The maximum Gasteiger partial charge on any atom is 0.472 e. The Kier molecular flexibility index (Phi) is 17.2. The van der Waals surface area contributed by atoms with E-state index in [1.54, 1.807) is 13.8 Å². The minimum atomic E-state index is -4.08. The quantitative estimate of drug-likeness (QED) is 0.124. The fourth-order valence-electron chi connectivity index (χ4n) is 1.85. The van der Waals surface area contributed by atoms with Crippen molar-refractivity contribution >= 4 is 19.8 Å². The molecule has 0 aliphatic heterocycles. The standard InChI is InChI=1S/C20H35O10P/c1-17(2)19(21)27-15-13-25-9-5-7-11-29-31(23,24)30-12-8-6-10-26-14-16-28-20(22)18(3)4/h1,3,5-16H2,2,4H3,(H,23,24). The van der Waals surface area contributed by atoms with Crippen LogP contribution in [0, 0.1) is 0 Å². The second kappa shape index (κ2) is 18.1. The average Bonchev–Trinajstić information content (AvgIpc) is 2.70. The lowest BCUT2D eigenvalue weighted by atomic mass is 10.3. The second-order valence-electron chi connectivity index (χ2n) is 6.61. The summed E-state index contributed by atoms with van der Waals surface area (Å²) in [6, 6.07) is 0. The van der Waals surface area contributed by atoms with E-state index in [4.69, 9.17) is 28.0 Å². The summed E-state index contributed by atoms with van der Waals surface area (Å²) >= 11 is 0. The van der Waals surface area contributed by atoms with E-state index < -0.39 is 19.8 Å². The molecule has 0 saturated carbocycles. The molecule has 0 aromatic carbocycles. The number of hydrogen-bond donors (Lipinski definition) is 1. The summed E-state index contributed by atoms with van der Waals surface area (Å²) in [6.45, 7) is 11.9. The normalized spacial score (nSPS) is 11.2. The molecule has 0 heterocycles. The second-order valence-corrected chi connectivity index (χ2v) is 8.06. The summed E-state index contributed by atoms with van der Waals surface area (Å²) in [5.41, 5.74) is 0.667. The van der Waals surface area contributed by atoms with Crippen molar-refractivity contribution in [3.8, 4) is 0 Å². The number of carbonyl (C=O) groups is 2. The minimum absolute atomic E-state index is 0.0633. The first-order valence-electron chi connectivity index (χ1n) is 10.1. The van der Waals surface area contributed by atoms with E-state index in [0.29, 0.717) is 50.0 Å². The van der Waals surface area contributed by atoms with Crippen LogP contribution in [0.25, 0.3) is 0 Å². The molecule has 1 N–H and O–H groups in total. The molecule has 10 nitrogen and oxygen atoms in total. The molecular formula is C20H35O10P. The number of ether oxygens (including phenoxy) is 4. The van der Waals surface area contributed by atoms with Gasteiger partial charge in [-0.15, -0.1) is 0 Å². The van der Waals surface area contributed by atoms with Gasteiger partial charge in [0.25, 0.3) is 0 Å². The van der Waals surface area contributed by atoms with E-state index >= 15 is 0 Å². The van der Waals surface area contributed by atoms with Gasteiger partial charge in [-0.1, -0.05) is 13.2 Å². The van der Waals surface area contributed by atoms with Gasteiger partial charge in [-0.3, -0.25) is 9.05 Å². The first-order chi connectivity index (χ1) is 14.7. The number of rotatable bonds is 20. The number of unbranched alkanes of at least 4 members (excludes halogenated alkanes) is 2. The molecule has 180 valence electrons. The number of carbonyl (C=O) groups excluding carboxylic acids is 2. The van der Waals surface area contributed by atoms with Crippen LogP contribution < -0.4 is 0 Å². The third-order valence-electron chi connectivity index (χ3n) is 3.49. The Morgan fingerprint density at radius 2 is 1.03 bits per heavy atom. The molecule has 31 heavy (non-hydrogen) atoms. The molecular weight excluding hydrogens is 431 g/mol. The van der Waals surface area contributed by atoms with Crippen LogP contribution in [0.1, 0.15) is 39.5 Å². The summed E-state index contributed by atoms with van der Waals surface area (Å²) < 4.78 is 41.8. The molecule has 0 bridgehead atoms. The molecule has 0 radical (unpaired) electrons. The number of hydrogen-bond acceptors (Lipinski definition) is 9. The summed E-state index contributed by atoms with van der Waals surface area (Å²) in [5, 5.41) is 0. The van der Waals surface area contributed by atoms with Crippen LogP contribution in [0.5, 0.6) is 0 Å². The molecule has 0 aliphatic carbocycles. The highest BCUT2D eigenvalue weighted by molar-refractivity contribution is 7.47. The highest BCUT2D eigenvalue weighted by atomic mass is 31.2. The zero-order valence-corrected chi connectivity index (χ0v) is 19.4. The summed E-state index contributed by atoms with van der Waals surface area (Å²) in [5.74, 6) is -0.908. The first kappa shape index (κ1) is 29.5. The first-order valence-corrected chi connectivity index (χ1v) is 11.6. The van der Waals surface area contributed by atoms with Gasteiger partial charge in [-0.25, -0.2) is 14.2 Å². The summed E-state index contributed by atoms with van der Waals surface area (Å²) in [7, 11) is -4.08. The van der Waals surface area contributed by atoms with E-state index in [-0.39, 0.29) is 39.6 Å². The number of esters is 2. The Hall–Kier alpha value is -1.55. The van der Waals surface area contributed by atoms with Crippen LogP contribution >= 0.6 is 7.82 Å². The van der Waals surface area contributed by atoms with Crippen molar-refractivity contribution in [3.63, 3.8) is 0 Å². The molecule has 0 amide bonds. The van der Waals surface area contributed by atoms with Crippen LogP contribution in [-0.2, 0) is 42.1 Å². The third kappa shape index (κ3) is 18.9. The Balaban J connectivity index is 3.48. The van der Waals surface area contributed by atoms with E-state index in [0.717, 1.165) is 0 Å². The molecule has 0 aliphatic rings. The third-order valence-corrected chi connectivity index (χ3v) is 4.51. The van der Waals surface area contributed by atoms with Gasteiger partial charge < -0.3 is 23.8 Å². The number of phosphoric acid groups is 1. The van der Waals surface area contributed by atoms with E-state index in [1.807, 2.05) is 0 Å². The van der Waals surface area contributed by atoms with Gasteiger partial charge in [-0.2, -0.15) is 0 Å². The highest BCUT2D eigenvalue weighted by Gasteiger charge is 2.20. The van der Waals surface area contributed by atoms with Gasteiger partial charge in [0, 0.05) is 24.4 Å². The van der Waals surface area contributed by atoms with Gasteiger partial charge in [0.2, 0.25) is 0 Å². The zero-order valence-electron chi connectivity index (χ0n) is 18.5. The topological polar surface area (TPSA) is 127 Å². The van der Waals surface area contributed by atoms with Gasteiger partial charge in [0.15, 0.2) is 0 Å². The van der Waals surface area contributed by atoms with Crippen LogP contribution in [0.4, 0.5) is 0 Å². The van der Waals surface area contributed by atoms with Gasteiger partial charge in [0.05, 0.1) is 26.4 Å². The lowest BCUT2D eigenvalue weighted by Crippen LogP contribution is -2.11. The minimum Gasteiger partial charge on any atom is -0.460 e. The highest BCUT2D eigenvalue weighted by Crippen LogP contribution is 2.43. The zero-order chi connectivity index (χ0) is 23.5. The largest absolute Gasteiger partial charge is 0.472 e. The lowest BCUT2D eigenvalue weighted by molar-refractivity contribution is -0.141. The van der Waals surface area contributed by atoms with Crippen molar-refractivity contribution in [2.45, 2.75) is 39.5 Å². The van der Waals surface area contributed by atoms with Crippen molar-refractivity contribution in [1.29, 1.82) is 0 Å². The fraction of sp³-hybridized carbons (Fsp3) is 0.700. The van der Waals surface area contributed by atoms with Crippen molar-refractivity contribution < 1.29 is 47.0 Å². The molecule has 0 atom stereocenters. The van der Waals surface area contributed by atoms with Crippen molar-refractivity contribution in [1.82, 2.24) is 0 Å². The van der Waals surface area contributed by atoms with Crippen LogP contribution in [0.2, 0.25) is 0 Å². The van der Waals surface area contributed by atoms with Crippen LogP contribution in [-0.4, -0.2) is 69.7 Å². The van der Waals surface area contributed by atoms with Crippen molar-refractivity contribution in [2.24, 2.45) is 0 Å². The van der Waals surface area contributed by atoms with E-state index in [1.165, 1.54) is 0 Å². The van der Waals surface area contributed by atoms with E-state index in [2.05, 4.69) is 13.2 Å². The SMILES string of the molecule is C=C(C)C(=O)OCCOCCCCOP(=O)(O)OCCCCOCCOC(=O)C(=C)C. The maximum atomic E-state index is 11.7. The molecule has 0 saturated heterocycles. The average molecular weight is 466 g/mol. The predicted octanol–water partition coefficient (Wildman–Crippen LogP) is 2.95. The molecule has 0 spiro atoms. The van der Waals surface area contributed by atoms with Crippen LogP contribution in [0.15, 0.2) is 24.3 Å². The Morgan fingerprint density at radius 1 is 0.677 bits per heavy atom. The lowest BCUT2D eigenvalue weighted by Gasteiger charge is -2.12. The van der Waals surface area contributed by atoms with Gasteiger partial charge in [-0.05, 0) is 39.5 Å². The fourth-order valence-corrected chi connectivity index (χ4v) is 2.64. The molecule has 0 unspecified atom stereocenters. The van der Waals surface area contributed by atoms with Crippen molar-refractivity contribution in [3.05, 3.63) is 24.3 Å². The smallest absolute Gasteiger partial charge is 0.460 e. The monoisotopic (exact) mass is 466 g/mol. The number of phosphoric ester groups is 1. The molecule has 11 heteroatoms. The van der Waals surface area contributed by atoms with Gasteiger partial charge in [0.1, 0.15) is 13.2 Å². The molecule has 0 aromatic heterocycles. The molecule has 0 aromatic rings. The Bertz CT molecular complexity index is 557.